The molecule has 0 aromatic rings. The van der Waals surface area contributed by atoms with Crippen LogP contribution in [0, 0.1) is 0 Å². The average molecular weight is 988 g/mol. The van der Waals surface area contributed by atoms with Gasteiger partial charge in [0.05, 0.1) is 0 Å². The fourth-order valence-corrected chi connectivity index (χ4v) is 9.74. The molecule has 0 radical (unpaired) electrons. The number of esters is 3. The molecule has 414 valence electrons. The Morgan fingerprint density at radius 2 is 0.471 bits per heavy atom. The van der Waals surface area contributed by atoms with Gasteiger partial charge in [0.2, 0.25) is 0 Å². The summed E-state index contributed by atoms with van der Waals surface area (Å²) < 4.78 is 16.9. The zero-order valence-electron chi connectivity index (χ0n) is 47.6. The number of unbranched alkanes of at least 4 members (excludes halogenated alkanes) is 46. The summed E-state index contributed by atoms with van der Waals surface area (Å²) in [5.41, 5.74) is 0. The van der Waals surface area contributed by atoms with Crippen molar-refractivity contribution in [2.45, 2.75) is 367 Å². The molecule has 0 aromatic carbocycles. The number of hydrogen-bond donors (Lipinski definition) is 0. The standard InChI is InChI=1S/C64H122O6/c1-4-7-10-13-16-19-22-24-26-28-30-31-32-33-34-36-37-39-42-45-48-51-54-57-63(66)69-60-61(59-68-62(65)56-53-50-47-44-41-21-18-15-12-9-6-3)70-64(67)58-55-52-49-46-43-40-38-35-29-27-25-23-20-17-14-11-8-5-2/h28,30,61H,4-27,29,31-60H2,1-3H3/b30-28-. The number of ether oxygens (including phenoxy) is 3. The van der Waals surface area contributed by atoms with Crippen LogP contribution in [-0.4, -0.2) is 37.2 Å². The maximum atomic E-state index is 12.9. The van der Waals surface area contributed by atoms with E-state index < -0.39 is 6.10 Å². The van der Waals surface area contributed by atoms with Gasteiger partial charge in [-0.15, -0.1) is 0 Å². The van der Waals surface area contributed by atoms with Crippen LogP contribution in [0.25, 0.3) is 0 Å². The Labute approximate surface area is 437 Å². The molecule has 70 heavy (non-hydrogen) atoms. The maximum absolute atomic E-state index is 12.9. The van der Waals surface area contributed by atoms with Gasteiger partial charge in [0.25, 0.3) is 0 Å². The minimum atomic E-state index is -0.764. The van der Waals surface area contributed by atoms with E-state index in [0.717, 1.165) is 57.8 Å². The van der Waals surface area contributed by atoms with Crippen molar-refractivity contribution in [2.75, 3.05) is 13.2 Å². The molecule has 0 bridgehead atoms. The highest BCUT2D eigenvalue weighted by molar-refractivity contribution is 5.71. The molecule has 1 atom stereocenters. The first-order chi connectivity index (χ1) is 34.5. The van der Waals surface area contributed by atoms with Crippen LogP contribution in [0.15, 0.2) is 12.2 Å². The third-order valence-electron chi connectivity index (χ3n) is 14.5. The van der Waals surface area contributed by atoms with E-state index in [9.17, 15) is 14.4 Å². The number of carbonyl (C=O) groups excluding carboxylic acids is 3. The number of rotatable bonds is 59. The van der Waals surface area contributed by atoms with Gasteiger partial charge in [-0.25, -0.2) is 0 Å². The van der Waals surface area contributed by atoms with Crippen LogP contribution >= 0.6 is 0 Å². The second kappa shape index (κ2) is 59.7. The van der Waals surface area contributed by atoms with E-state index >= 15 is 0 Å². The Morgan fingerprint density at radius 1 is 0.271 bits per heavy atom. The van der Waals surface area contributed by atoms with Crippen molar-refractivity contribution in [3.8, 4) is 0 Å². The molecule has 1 unspecified atom stereocenters. The molecular weight excluding hydrogens is 865 g/mol. The van der Waals surface area contributed by atoms with Crippen molar-refractivity contribution in [3.05, 3.63) is 12.2 Å². The van der Waals surface area contributed by atoms with E-state index in [2.05, 4.69) is 32.9 Å². The Hall–Kier alpha value is -1.85. The second-order valence-electron chi connectivity index (χ2n) is 21.7. The molecule has 0 saturated carbocycles. The van der Waals surface area contributed by atoms with Gasteiger partial charge in [0, 0.05) is 19.3 Å². The Morgan fingerprint density at radius 3 is 0.714 bits per heavy atom. The second-order valence-corrected chi connectivity index (χ2v) is 21.7. The predicted molar refractivity (Wildman–Crippen MR) is 303 cm³/mol. The van der Waals surface area contributed by atoms with Crippen molar-refractivity contribution < 1.29 is 28.6 Å². The van der Waals surface area contributed by atoms with E-state index in [1.165, 1.54) is 263 Å². The minimum Gasteiger partial charge on any atom is -0.462 e. The summed E-state index contributed by atoms with van der Waals surface area (Å²) in [4.78, 5) is 38.2. The zero-order chi connectivity index (χ0) is 50.7. The normalized spacial score (nSPS) is 12.0. The van der Waals surface area contributed by atoms with Gasteiger partial charge < -0.3 is 14.2 Å². The first-order valence-electron chi connectivity index (χ1n) is 31.7. The van der Waals surface area contributed by atoms with Crippen molar-refractivity contribution in [1.82, 2.24) is 0 Å². The molecule has 0 N–H and O–H groups in total. The lowest BCUT2D eigenvalue weighted by Crippen LogP contribution is -2.30. The van der Waals surface area contributed by atoms with Gasteiger partial charge in [0.15, 0.2) is 6.10 Å². The third-order valence-corrected chi connectivity index (χ3v) is 14.5. The van der Waals surface area contributed by atoms with Crippen LogP contribution in [0.1, 0.15) is 361 Å². The number of carbonyl (C=O) groups is 3. The molecule has 6 heteroatoms. The summed E-state index contributed by atoms with van der Waals surface area (Å²) in [7, 11) is 0. The van der Waals surface area contributed by atoms with Crippen LogP contribution in [0.4, 0.5) is 0 Å². The highest BCUT2D eigenvalue weighted by Crippen LogP contribution is 2.18. The summed E-state index contributed by atoms with van der Waals surface area (Å²) in [5.74, 6) is -0.837. The van der Waals surface area contributed by atoms with Gasteiger partial charge in [-0.3, -0.25) is 14.4 Å². The molecule has 0 aliphatic rings. The third kappa shape index (κ3) is 57.1. The SMILES string of the molecule is CCCCCCCCCC/C=C\CCCCCCCCCCCCCC(=O)OCC(COC(=O)CCCCCCCCCCCCC)OC(=O)CCCCCCCCCCCCCCCCCCCC. The lowest BCUT2D eigenvalue weighted by atomic mass is 10.0. The number of allylic oxidation sites excluding steroid dienone is 2. The lowest BCUT2D eigenvalue weighted by molar-refractivity contribution is -0.167. The highest BCUT2D eigenvalue weighted by Gasteiger charge is 2.19. The van der Waals surface area contributed by atoms with Crippen molar-refractivity contribution in [1.29, 1.82) is 0 Å². The monoisotopic (exact) mass is 987 g/mol. The van der Waals surface area contributed by atoms with Crippen LogP contribution in [0.2, 0.25) is 0 Å². The quantitative estimate of drug-likeness (QED) is 0.0261. The zero-order valence-corrected chi connectivity index (χ0v) is 47.6. The molecule has 6 nitrogen and oxygen atoms in total. The van der Waals surface area contributed by atoms with E-state index in [1.807, 2.05) is 0 Å². The van der Waals surface area contributed by atoms with Gasteiger partial charge in [-0.05, 0) is 44.9 Å². The minimum absolute atomic E-state index is 0.0637. The number of hydrogen-bond acceptors (Lipinski definition) is 6. The molecule has 0 spiro atoms. The molecule has 0 aliphatic heterocycles. The molecule has 0 saturated heterocycles. The smallest absolute Gasteiger partial charge is 0.306 e. The van der Waals surface area contributed by atoms with E-state index in [4.69, 9.17) is 14.2 Å². The molecule has 0 aliphatic carbocycles. The lowest BCUT2D eigenvalue weighted by Gasteiger charge is -2.18. The Bertz CT molecular complexity index is 1090. The Kier molecular flexibility index (Phi) is 58.1. The van der Waals surface area contributed by atoms with E-state index in [-0.39, 0.29) is 31.1 Å². The molecule has 0 fully saturated rings. The predicted octanol–water partition coefficient (Wildman–Crippen LogP) is 21.3. The summed E-state index contributed by atoms with van der Waals surface area (Å²) in [6.45, 7) is 6.70. The Balaban J connectivity index is 4.21. The first kappa shape index (κ1) is 68.2. The highest BCUT2D eigenvalue weighted by atomic mass is 16.6. The van der Waals surface area contributed by atoms with E-state index in [1.54, 1.807) is 0 Å². The summed E-state index contributed by atoms with van der Waals surface area (Å²) in [5, 5.41) is 0. The van der Waals surface area contributed by atoms with Gasteiger partial charge >= 0.3 is 17.9 Å². The van der Waals surface area contributed by atoms with Crippen molar-refractivity contribution >= 4 is 17.9 Å². The topological polar surface area (TPSA) is 78.9 Å². The van der Waals surface area contributed by atoms with Crippen LogP contribution < -0.4 is 0 Å². The van der Waals surface area contributed by atoms with Crippen LogP contribution in [0.5, 0.6) is 0 Å². The van der Waals surface area contributed by atoms with Crippen molar-refractivity contribution in [2.24, 2.45) is 0 Å². The average Bonchev–Trinajstić information content (AvgIpc) is 3.36. The van der Waals surface area contributed by atoms with Gasteiger partial charge in [-0.1, -0.05) is 309 Å². The largest absolute Gasteiger partial charge is 0.462 e. The summed E-state index contributed by atoms with van der Waals surface area (Å²) in [6, 6.07) is 0. The molecule has 0 amide bonds. The fourth-order valence-electron chi connectivity index (χ4n) is 9.74. The fraction of sp³-hybridized carbons (Fsp3) is 0.922. The van der Waals surface area contributed by atoms with Gasteiger partial charge in [-0.2, -0.15) is 0 Å². The van der Waals surface area contributed by atoms with Gasteiger partial charge in [0.1, 0.15) is 13.2 Å². The van der Waals surface area contributed by atoms with Crippen molar-refractivity contribution in [3.63, 3.8) is 0 Å². The first-order valence-corrected chi connectivity index (χ1v) is 31.7. The summed E-state index contributed by atoms with van der Waals surface area (Å²) >= 11 is 0. The molecule has 0 rings (SSSR count). The molecule has 0 aromatic heterocycles. The maximum Gasteiger partial charge on any atom is 0.306 e. The molecule has 0 heterocycles. The molecular formula is C64H122O6. The van der Waals surface area contributed by atoms with Crippen LogP contribution in [0.3, 0.4) is 0 Å². The van der Waals surface area contributed by atoms with Crippen LogP contribution in [-0.2, 0) is 28.6 Å². The summed E-state index contributed by atoms with van der Waals surface area (Å²) in [6.07, 6.45) is 69.3. The van der Waals surface area contributed by atoms with E-state index in [0.29, 0.717) is 19.3 Å².